The summed E-state index contributed by atoms with van der Waals surface area (Å²) < 4.78 is 0.903. The van der Waals surface area contributed by atoms with Crippen LogP contribution < -0.4 is 9.80 Å². The molecule has 2 heterocycles. The second-order valence-electron chi connectivity index (χ2n) is 7.87. The van der Waals surface area contributed by atoms with Crippen molar-refractivity contribution in [1.82, 2.24) is 9.88 Å². The molecule has 0 saturated carbocycles. The number of carbonyl (C=O) groups excluding carboxylic acids is 3. The zero-order valence-corrected chi connectivity index (χ0v) is 19.4. The van der Waals surface area contributed by atoms with Crippen LogP contribution in [0.4, 0.5) is 10.8 Å². The average molecular weight is 471 g/mol. The van der Waals surface area contributed by atoms with Crippen molar-refractivity contribution in [3.63, 3.8) is 0 Å². The van der Waals surface area contributed by atoms with Crippen LogP contribution in [0, 0.1) is 0 Å². The molecule has 0 atom stereocenters. The van der Waals surface area contributed by atoms with Crippen LogP contribution in [0.25, 0.3) is 10.2 Å². The smallest absolute Gasteiger partial charge is 0.260 e. The number of carbonyl (C=O) groups is 3. The van der Waals surface area contributed by atoms with Gasteiger partial charge in [0.15, 0.2) is 5.13 Å². The molecular formula is C23H23ClN4O3S. The van der Waals surface area contributed by atoms with Gasteiger partial charge in [0.25, 0.3) is 5.91 Å². The highest BCUT2D eigenvalue weighted by Gasteiger charge is 2.31. The van der Waals surface area contributed by atoms with Gasteiger partial charge in [-0.15, -0.1) is 0 Å². The van der Waals surface area contributed by atoms with E-state index in [0.29, 0.717) is 33.5 Å². The molecule has 0 N–H and O–H groups in total. The summed E-state index contributed by atoms with van der Waals surface area (Å²) in [6, 6.07) is 12.2. The number of benzene rings is 2. The van der Waals surface area contributed by atoms with E-state index in [1.807, 2.05) is 26.2 Å². The Morgan fingerprint density at radius 1 is 1.09 bits per heavy atom. The first-order chi connectivity index (χ1) is 15.3. The monoisotopic (exact) mass is 470 g/mol. The standard InChI is InChI=1S/C23H23ClN4O3S/c1-26(2)12-5-13-27(23-25-21-17(24)8-4-9-18(21)32-23)22(31)15-6-3-7-16(14-15)28-19(29)10-11-20(28)30/h3-4,6-9,14H,5,10-13H2,1-2H3. The molecule has 0 spiro atoms. The lowest BCUT2D eigenvalue weighted by Gasteiger charge is -2.22. The van der Waals surface area contributed by atoms with Crippen LogP contribution in [0.2, 0.25) is 5.02 Å². The summed E-state index contributed by atoms with van der Waals surface area (Å²) in [6.07, 6.45) is 1.14. The second-order valence-corrected chi connectivity index (χ2v) is 9.29. The largest absolute Gasteiger partial charge is 0.309 e. The molecular weight excluding hydrogens is 448 g/mol. The number of hydrogen-bond acceptors (Lipinski definition) is 6. The molecule has 0 bridgehead atoms. The van der Waals surface area contributed by atoms with Gasteiger partial charge in [-0.25, -0.2) is 4.98 Å². The van der Waals surface area contributed by atoms with E-state index in [0.717, 1.165) is 22.6 Å². The fraction of sp³-hybridized carbons (Fsp3) is 0.304. The van der Waals surface area contributed by atoms with Crippen LogP contribution in [-0.2, 0) is 9.59 Å². The van der Waals surface area contributed by atoms with Gasteiger partial charge in [-0.05, 0) is 57.4 Å². The summed E-state index contributed by atoms with van der Waals surface area (Å²) in [6.45, 7) is 1.28. The Balaban J connectivity index is 1.68. The van der Waals surface area contributed by atoms with Gasteiger partial charge in [-0.1, -0.05) is 35.1 Å². The molecule has 1 aliphatic heterocycles. The number of thiazole rings is 1. The predicted octanol–water partition coefficient (Wildman–Crippen LogP) is 4.20. The fourth-order valence-electron chi connectivity index (χ4n) is 3.65. The molecule has 3 aromatic rings. The van der Waals surface area contributed by atoms with Crippen LogP contribution in [0.15, 0.2) is 42.5 Å². The minimum absolute atomic E-state index is 0.195. The first kappa shape index (κ1) is 22.4. The Morgan fingerprint density at radius 3 is 2.50 bits per heavy atom. The third-order valence-corrected chi connectivity index (χ3v) is 6.57. The number of halogens is 1. The number of fused-ring (bicyclic) bond motifs is 1. The van der Waals surface area contributed by atoms with Crippen LogP contribution in [0.5, 0.6) is 0 Å². The molecule has 3 amide bonds. The van der Waals surface area contributed by atoms with Gasteiger partial charge in [0.05, 0.1) is 15.4 Å². The predicted molar refractivity (Wildman–Crippen MR) is 128 cm³/mol. The first-order valence-electron chi connectivity index (χ1n) is 10.3. The van der Waals surface area contributed by atoms with Crippen molar-refractivity contribution in [3.8, 4) is 0 Å². The van der Waals surface area contributed by atoms with E-state index in [1.54, 1.807) is 35.2 Å². The van der Waals surface area contributed by atoms with E-state index in [4.69, 9.17) is 11.6 Å². The highest BCUT2D eigenvalue weighted by atomic mass is 35.5. The number of imide groups is 1. The lowest BCUT2D eigenvalue weighted by Crippen LogP contribution is -2.34. The molecule has 0 radical (unpaired) electrons. The van der Waals surface area contributed by atoms with Crippen molar-refractivity contribution in [2.75, 3.05) is 37.0 Å². The topological polar surface area (TPSA) is 73.8 Å². The molecule has 1 aliphatic rings. The molecule has 7 nitrogen and oxygen atoms in total. The number of para-hydroxylation sites is 1. The third-order valence-electron chi connectivity index (χ3n) is 5.22. The summed E-state index contributed by atoms with van der Waals surface area (Å²) >= 11 is 7.71. The van der Waals surface area contributed by atoms with Crippen molar-refractivity contribution < 1.29 is 14.4 Å². The van der Waals surface area contributed by atoms with Crippen molar-refractivity contribution in [2.45, 2.75) is 19.3 Å². The number of anilines is 2. The molecule has 1 aromatic heterocycles. The van der Waals surface area contributed by atoms with Gasteiger partial charge in [0.2, 0.25) is 11.8 Å². The maximum atomic E-state index is 13.6. The Morgan fingerprint density at radius 2 is 1.81 bits per heavy atom. The minimum Gasteiger partial charge on any atom is -0.309 e. The molecule has 9 heteroatoms. The number of nitrogens with zero attached hydrogens (tertiary/aromatic N) is 4. The lowest BCUT2D eigenvalue weighted by molar-refractivity contribution is -0.121. The number of amides is 3. The SMILES string of the molecule is CN(C)CCCN(C(=O)c1cccc(N2C(=O)CCC2=O)c1)c1nc2c(Cl)cccc2s1. The molecule has 1 fully saturated rings. The molecule has 1 saturated heterocycles. The van der Waals surface area contributed by atoms with Gasteiger partial charge >= 0.3 is 0 Å². The van der Waals surface area contributed by atoms with E-state index < -0.39 is 0 Å². The Bertz CT molecular complexity index is 1180. The van der Waals surface area contributed by atoms with E-state index in [1.165, 1.54) is 11.3 Å². The van der Waals surface area contributed by atoms with Crippen molar-refractivity contribution in [1.29, 1.82) is 0 Å². The van der Waals surface area contributed by atoms with Gasteiger partial charge < -0.3 is 4.90 Å². The second kappa shape index (κ2) is 9.36. The minimum atomic E-state index is -0.247. The molecule has 2 aromatic carbocycles. The van der Waals surface area contributed by atoms with Gasteiger partial charge in [-0.3, -0.25) is 24.2 Å². The molecule has 32 heavy (non-hydrogen) atoms. The highest BCUT2D eigenvalue weighted by Crippen LogP contribution is 2.34. The Hall–Kier alpha value is -2.81. The normalized spacial score (nSPS) is 14.1. The molecule has 0 unspecified atom stereocenters. The summed E-state index contributed by atoms with van der Waals surface area (Å²) in [4.78, 5) is 47.4. The van der Waals surface area contributed by atoms with Crippen molar-refractivity contribution in [2.24, 2.45) is 0 Å². The number of aromatic nitrogens is 1. The highest BCUT2D eigenvalue weighted by molar-refractivity contribution is 7.22. The summed E-state index contributed by atoms with van der Waals surface area (Å²) in [7, 11) is 3.97. The van der Waals surface area contributed by atoms with Gasteiger partial charge in [0, 0.05) is 24.9 Å². The van der Waals surface area contributed by atoms with Gasteiger partial charge in [0.1, 0.15) is 5.52 Å². The number of rotatable bonds is 7. The average Bonchev–Trinajstić information content (AvgIpc) is 3.34. The maximum Gasteiger partial charge on any atom is 0.260 e. The van der Waals surface area contributed by atoms with E-state index in [9.17, 15) is 14.4 Å². The number of hydrogen-bond donors (Lipinski definition) is 0. The summed E-state index contributed by atoms with van der Waals surface area (Å²) in [5.41, 5.74) is 1.48. The van der Waals surface area contributed by atoms with E-state index >= 15 is 0 Å². The van der Waals surface area contributed by atoms with Crippen LogP contribution in [-0.4, -0.2) is 54.8 Å². The summed E-state index contributed by atoms with van der Waals surface area (Å²) in [5.74, 6) is -0.730. The third kappa shape index (κ3) is 4.53. The van der Waals surface area contributed by atoms with E-state index in [2.05, 4.69) is 9.88 Å². The Labute approximate surface area is 195 Å². The zero-order chi connectivity index (χ0) is 22.8. The Kier molecular flexibility index (Phi) is 6.55. The van der Waals surface area contributed by atoms with Gasteiger partial charge in [-0.2, -0.15) is 0 Å². The molecule has 4 rings (SSSR count). The van der Waals surface area contributed by atoms with Crippen molar-refractivity contribution in [3.05, 3.63) is 53.1 Å². The zero-order valence-electron chi connectivity index (χ0n) is 17.9. The van der Waals surface area contributed by atoms with Crippen LogP contribution in [0.3, 0.4) is 0 Å². The fourth-order valence-corrected chi connectivity index (χ4v) is 4.94. The lowest BCUT2D eigenvalue weighted by atomic mass is 10.1. The maximum absolute atomic E-state index is 13.6. The summed E-state index contributed by atoms with van der Waals surface area (Å²) in [5, 5.41) is 1.11. The first-order valence-corrected chi connectivity index (χ1v) is 11.5. The quantitative estimate of drug-likeness (QED) is 0.484. The van der Waals surface area contributed by atoms with Crippen LogP contribution >= 0.6 is 22.9 Å². The van der Waals surface area contributed by atoms with Crippen molar-refractivity contribution >= 4 is 61.7 Å². The molecule has 0 aliphatic carbocycles. The molecule has 166 valence electrons. The van der Waals surface area contributed by atoms with E-state index in [-0.39, 0.29) is 30.6 Å². The van der Waals surface area contributed by atoms with Crippen LogP contribution in [0.1, 0.15) is 29.6 Å².